The summed E-state index contributed by atoms with van der Waals surface area (Å²) in [5, 5.41) is 6.23. The minimum atomic E-state index is -0.343. The molecule has 1 aliphatic rings. The average molecular weight is 532 g/mol. The van der Waals surface area contributed by atoms with Crippen molar-refractivity contribution < 1.29 is 28.5 Å². The molecule has 1 heterocycles. The monoisotopic (exact) mass is 531 g/mol. The lowest BCUT2D eigenvalue weighted by Gasteiger charge is -2.27. The van der Waals surface area contributed by atoms with E-state index < -0.39 is 0 Å². The van der Waals surface area contributed by atoms with Gasteiger partial charge in [0.1, 0.15) is 23.8 Å². The number of nitrogens with zero attached hydrogens (tertiary/aromatic N) is 3. The minimum absolute atomic E-state index is 0.157. The minimum Gasteiger partial charge on any atom is -0.497 e. The van der Waals surface area contributed by atoms with Crippen molar-refractivity contribution in [1.82, 2.24) is 9.91 Å². The summed E-state index contributed by atoms with van der Waals surface area (Å²) in [6.07, 6.45) is 0.510. The van der Waals surface area contributed by atoms with E-state index in [4.69, 9.17) is 24.0 Å². The fourth-order valence-electron chi connectivity index (χ4n) is 4.41. The van der Waals surface area contributed by atoms with Crippen LogP contribution in [0, 0.1) is 0 Å². The van der Waals surface area contributed by atoms with E-state index in [1.54, 1.807) is 52.7 Å². The molecule has 0 bridgehead atoms. The number of hydrazone groups is 1. The normalized spacial score (nSPS) is 14.5. The highest BCUT2D eigenvalue weighted by atomic mass is 16.5. The van der Waals surface area contributed by atoms with E-state index in [-0.39, 0.29) is 37.6 Å². The van der Waals surface area contributed by atoms with Gasteiger partial charge in [-0.05, 0) is 54.1 Å². The van der Waals surface area contributed by atoms with Crippen LogP contribution in [0.1, 0.15) is 33.9 Å². The standard InChI is InChI=1S/C30H33N3O6/c1-36-17-16-32(30(35)22-10-14-25(38-3)15-11-22)20-29(34)33-28(21-8-12-24(37-2)13-9-21)19-27(31-33)23-6-5-7-26(18-23)39-4/h5-15,18,28H,16-17,19-20H2,1-4H3/t28-/m0/s1. The molecule has 204 valence electrons. The molecule has 0 aliphatic carbocycles. The number of amides is 2. The third kappa shape index (κ3) is 6.56. The lowest BCUT2D eigenvalue weighted by atomic mass is 9.98. The summed E-state index contributed by atoms with van der Waals surface area (Å²) in [6, 6.07) is 21.6. The van der Waals surface area contributed by atoms with Gasteiger partial charge in [-0.1, -0.05) is 24.3 Å². The number of carbonyl (C=O) groups excluding carboxylic acids is 2. The smallest absolute Gasteiger partial charge is 0.262 e. The number of carbonyl (C=O) groups is 2. The van der Waals surface area contributed by atoms with Gasteiger partial charge in [-0.25, -0.2) is 5.01 Å². The van der Waals surface area contributed by atoms with E-state index in [0.717, 1.165) is 22.6 Å². The Morgan fingerprint density at radius 1 is 0.872 bits per heavy atom. The Labute approximate surface area is 228 Å². The Morgan fingerprint density at radius 3 is 2.13 bits per heavy atom. The Kier molecular flexibility index (Phi) is 9.17. The van der Waals surface area contributed by atoms with Gasteiger partial charge >= 0.3 is 0 Å². The topological polar surface area (TPSA) is 89.9 Å². The molecular weight excluding hydrogens is 498 g/mol. The predicted octanol–water partition coefficient (Wildman–Crippen LogP) is 4.18. The van der Waals surface area contributed by atoms with Crippen LogP contribution in [0.2, 0.25) is 0 Å². The van der Waals surface area contributed by atoms with Crippen molar-refractivity contribution in [3.8, 4) is 17.2 Å². The first-order valence-electron chi connectivity index (χ1n) is 12.6. The van der Waals surface area contributed by atoms with Crippen LogP contribution >= 0.6 is 0 Å². The zero-order valence-corrected chi connectivity index (χ0v) is 22.6. The number of hydrogen-bond acceptors (Lipinski definition) is 7. The second-order valence-corrected chi connectivity index (χ2v) is 8.96. The summed E-state index contributed by atoms with van der Waals surface area (Å²) < 4.78 is 21.1. The molecule has 0 spiro atoms. The van der Waals surface area contributed by atoms with Gasteiger partial charge in [0, 0.05) is 31.2 Å². The maximum atomic E-state index is 13.8. The van der Waals surface area contributed by atoms with Gasteiger partial charge in [-0.2, -0.15) is 5.10 Å². The first kappa shape index (κ1) is 27.7. The molecule has 0 saturated heterocycles. The first-order valence-corrected chi connectivity index (χ1v) is 12.6. The Morgan fingerprint density at radius 2 is 1.51 bits per heavy atom. The Hall–Kier alpha value is -4.37. The summed E-state index contributed by atoms with van der Waals surface area (Å²) in [6.45, 7) is 0.381. The molecule has 3 aromatic carbocycles. The molecule has 0 saturated carbocycles. The summed E-state index contributed by atoms with van der Waals surface area (Å²) in [4.78, 5) is 28.6. The van der Waals surface area contributed by atoms with Crippen LogP contribution < -0.4 is 14.2 Å². The molecule has 9 nitrogen and oxygen atoms in total. The maximum absolute atomic E-state index is 13.8. The zero-order chi connectivity index (χ0) is 27.8. The summed E-state index contributed by atoms with van der Waals surface area (Å²) in [5.41, 5.74) is 2.99. The van der Waals surface area contributed by atoms with Gasteiger partial charge in [0.05, 0.1) is 39.7 Å². The average Bonchev–Trinajstić information content (AvgIpc) is 3.45. The van der Waals surface area contributed by atoms with E-state index in [9.17, 15) is 9.59 Å². The molecule has 1 atom stereocenters. The third-order valence-corrected chi connectivity index (χ3v) is 6.59. The molecule has 0 unspecified atom stereocenters. The maximum Gasteiger partial charge on any atom is 0.262 e. The van der Waals surface area contributed by atoms with Gasteiger partial charge in [-0.15, -0.1) is 0 Å². The second-order valence-electron chi connectivity index (χ2n) is 8.96. The first-order chi connectivity index (χ1) is 19.0. The van der Waals surface area contributed by atoms with Gasteiger partial charge < -0.3 is 23.8 Å². The van der Waals surface area contributed by atoms with Crippen molar-refractivity contribution in [3.05, 3.63) is 89.5 Å². The van der Waals surface area contributed by atoms with Crippen LogP contribution in [0.3, 0.4) is 0 Å². The lowest BCUT2D eigenvalue weighted by molar-refractivity contribution is -0.133. The van der Waals surface area contributed by atoms with Crippen LogP contribution in [0.15, 0.2) is 77.9 Å². The van der Waals surface area contributed by atoms with Crippen molar-refractivity contribution in [3.63, 3.8) is 0 Å². The molecule has 4 rings (SSSR count). The van der Waals surface area contributed by atoms with Crippen molar-refractivity contribution >= 4 is 17.5 Å². The second kappa shape index (κ2) is 12.9. The van der Waals surface area contributed by atoms with Gasteiger partial charge in [0.2, 0.25) is 0 Å². The molecule has 1 aliphatic heterocycles. The molecule has 3 aromatic rings. The van der Waals surface area contributed by atoms with Crippen LogP contribution in [0.25, 0.3) is 0 Å². The number of hydrogen-bond donors (Lipinski definition) is 0. The zero-order valence-electron chi connectivity index (χ0n) is 22.6. The third-order valence-electron chi connectivity index (χ3n) is 6.59. The van der Waals surface area contributed by atoms with Crippen LogP contribution in [0.4, 0.5) is 0 Å². The number of methoxy groups -OCH3 is 4. The Balaban J connectivity index is 1.63. The number of rotatable bonds is 11. The van der Waals surface area contributed by atoms with Gasteiger partial charge in [-0.3, -0.25) is 9.59 Å². The quantitative estimate of drug-likeness (QED) is 0.369. The van der Waals surface area contributed by atoms with Crippen LogP contribution in [0.5, 0.6) is 17.2 Å². The SMILES string of the molecule is COCCN(CC(=O)N1N=C(c2cccc(OC)c2)C[C@H]1c1ccc(OC)cc1)C(=O)c1ccc(OC)cc1. The fourth-order valence-corrected chi connectivity index (χ4v) is 4.41. The molecule has 2 amide bonds. The highest BCUT2D eigenvalue weighted by Crippen LogP contribution is 2.34. The highest BCUT2D eigenvalue weighted by Gasteiger charge is 2.34. The van der Waals surface area contributed by atoms with E-state index in [1.807, 2.05) is 48.5 Å². The Bertz CT molecular complexity index is 1310. The molecule has 0 N–H and O–H groups in total. The summed E-state index contributed by atoms with van der Waals surface area (Å²) >= 11 is 0. The van der Waals surface area contributed by atoms with Crippen molar-refractivity contribution in [2.45, 2.75) is 12.5 Å². The van der Waals surface area contributed by atoms with Gasteiger partial charge in [0.15, 0.2) is 0 Å². The van der Waals surface area contributed by atoms with Gasteiger partial charge in [0.25, 0.3) is 11.8 Å². The fraction of sp³-hybridized carbons (Fsp3) is 0.300. The number of benzene rings is 3. The molecular formula is C30H33N3O6. The van der Waals surface area contributed by atoms with E-state index in [0.29, 0.717) is 23.5 Å². The molecule has 0 aromatic heterocycles. The van der Waals surface area contributed by atoms with E-state index in [1.165, 1.54) is 9.91 Å². The molecule has 0 fully saturated rings. The summed E-state index contributed by atoms with van der Waals surface area (Å²) in [5.74, 6) is 1.49. The van der Waals surface area contributed by atoms with Crippen LogP contribution in [-0.4, -0.2) is 75.6 Å². The van der Waals surface area contributed by atoms with E-state index in [2.05, 4.69) is 0 Å². The predicted molar refractivity (Wildman–Crippen MR) is 148 cm³/mol. The lowest BCUT2D eigenvalue weighted by Crippen LogP contribution is -2.42. The van der Waals surface area contributed by atoms with Crippen molar-refractivity contribution in [2.24, 2.45) is 5.10 Å². The van der Waals surface area contributed by atoms with Crippen molar-refractivity contribution in [1.29, 1.82) is 0 Å². The van der Waals surface area contributed by atoms with Crippen LogP contribution in [-0.2, 0) is 9.53 Å². The molecule has 9 heteroatoms. The number of ether oxygens (including phenoxy) is 4. The van der Waals surface area contributed by atoms with Crippen molar-refractivity contribution in [2.75, 3.05) is 48.1 Å². The highest BCUT2D eigenvalue weighted by molar-refractivity contribution is 6.04. The van der Waals surface area contributed by atoms with E-state index >= 15 is 0 Å². The largest absolute Gasteiger partial charge is 0.497 e. The molecule has 39 heavy (non-hydrogen) atoms. The molecule has 0 radical (unpaired) electrons. The summed E-state index contributed by atoms with van der Waals surface area (Å²) in [7, 11) is 6.34.